The van der Waals surface area contributed by atoms with Crippen LogP contribution >= 0.6 is 11.3 Å². The van der Waals surface area contributed by atoms with E-state index in [9.17, 15) is 8.42 Å². The molecule has 0 saturated carbocycles. The lowest BCUT2D eigenvalue weighted by Crippen LogP contribution is -2.04. The van der Waals surface area contributed by atoms with E-state index in [2.05, 4.69) is 10.2 Å². The van der Waals surface area contributed by atoms with Crippen molar-refractivity contribution in [1.29, 1.82) is 0 Å². The Morgan fingerprint density at radius 1 is 1.19 bits per heavy atom. The summed E-state index contributed by atoms with van der Waals surface area (Å²) in [5.74, 6) is -0.0809. The largest absolute Gasteiger partial charge is 0.374 e. The van der Waals surface area contributed by atoms with Crippen molar-refractivity contribution in [2.45, 2.75) is 10.1 Å². The molecule has 1 heterocycles. The molecule has 1 aromatic carbocycles. The second-order valence-corrected chi connectivity index (χ2v) is 6.32. The van der Waals surface area contributed by atoms with Crippen LogP contribution in [0.4, 0.5) is 5.13 Å². The zero-order chi connectivity index (χ0) is 11.6. The lowest BCUT2D eigenvalue weighted by atomic mass is 10.2. The first-order valence-corrected chi connectivity index (χ1v) is 6.90. The Balaban J connectivity index is 2.28. The molecule has 0 saturated heterocycles. The third kappa shape index (κ3) is 2.37. The molecule has 2 N–H and O–H groups in total. The van der Waals surface area contributed by atoms with E-state index < -0.39 is 9.84 Å². The zero-order valence-electron chi connectivity index (χ0n) is 8.20. The maximum Gasteiger partial charge on any atom is 0.234 e. The highest BCUT2D eigenvalue weighted by Gasteiger charge is 2.20. The van der Waals surface area contributed by atoms with Crippen molar-refractivity contribution in [3.8, 4) is 0 Å². The number of hydrogen-bond donors (Lipinski definition) is 1. The molecule has 0 bridgehead atoms. The van der Waals surface area contributed by atoms with Crippen LogP contribution in [0.25, 0.3) is 0 Å². The summed E-state index contributed by atoms with van der Waals surface area (Å²) >= 11 is 0.882. The summed E-state index contributed by atoms with van der Waals surface area (Å²) in [5.41, 5.74) is 6.07. The van der Waals surface area contributed by atoms with Crippen molar-refractivity contribution in [1.82, 2.24) is 10.2 Å². The van der Waals surface area contributed by atoms with Crippen LogP contribution in [0.5, 0.6) is 0 Å². The number of nitrogens with zero attached hydrogens (tertiary/aromatic N) is 2. The predicted molar refractivity (Wildman–Crippen MR) is 61.7 cm³/mol. The van der Waals surface area contributed by atoms with Gasteiger partial charge in [-0.05, 0) is 5.56 Å². The average molecular weight is 255 g/mol. The SMILES string of the molecule is Nc1nnc(S(=O)(=O)Cc2ccccc2)s1. The Hall–Kier alpha value is -1.47. The fourth-order valence-corrected chi connectivity index (χ4v) is 3.40. The van der Waals surface area contributed by atoms with Crippen molar-refractivity contribution in [3.63, 3.8) is 0 Å². The Kier molecular flexibility index (Phi) is 2.88. The Morgan fingerprint density at radius 3 is 2.44 bits per heavy atom. The number of anilines is 1. The summed E-state index contributed by atoms with van der Waals surface area (Å²) in [6.45, 7) is 0. The summed E-state index contributed by atoms with van der Waals surface area (Å²) in [6.07, 6.45) is 0. The number of aromatic nitrogens is 2. The summed E-state index contributed by atoms with van der Waals surface area (Å²) in [4.78, 5) is 0. The molecule has 0 amide bonds. The fraction of sp³-hybridized carbons (Fsp3) is 0.111. The summed E-state index contributed by atoms with van der Waals surface area (Å²) < 4.78 is 23.7. The smallest absolute Gasteiger partial charge is 0.234 e. The van der Waals surface area contributed by atoms with Crippen LogP contribution in [-0.2, 0) is 15.6 Å². The Bertz CT molecular complexity index is 578. The molecule has 0 aliphatic heterocycles. The molecule has 0 spiro atoms. The van der Waals surface area contributed by atoms with E-state index in [1.807, 2.05) is 6.07 Å². The molecular weight excluding hydrogens is 246 g/mol. The van der Waals surface area contributed by atoms with E-state index in [-0.39, 0.29) is 15.2 Å². The minimum atomic E-state index is -3.43. The number of benzene rings is 1. The van der Waals surface area contributed by atoms with Gasteiger partial charge in [-0.25, -0.2) is 8.42 Å². The van der Waals surface area contributed by atoms with E-state index in [4.69, 9.17) is 5.73 Å². The quantitative estimate of drug-likeness (QED) is 0.887. The van der Waals surface area contributed by atoms with E-state index in [0.29, 0.717) is 0 Å². The molecule has 0 aliphatic rings. The number of hydrogen-bond acceptors (Lipinski definition) is 6. The minimum absolute atomic E-state index is 0.0335. The number of sulfone groups is 1. The van der Waals surface area contributed by atoms with Crippen LogP contribution in [0.15, 0.2) is 34.7 Å². The van der Waals surface area contributed by atoms with Gasteiger partial charge in [-0.3, -0.25) is 0 Å². The lowest BCUT2D eigenvalue weighted by Gasteiger charge is -1.99. The van der Waals surface area contributed by atoms with Gasteiger partial charge in [0.05, 0.1) is 5.75 Å². The third-order valence-corrected chi connectivity index (χ3v) is 4.77. The topological polar surface area (TPSA) is 85.9 Å². The van der Waals surface area contributed by atoms with Crippen molar-refractivity contribution < 1.29 is 8.42 Å². The number of nitrogen functional groups attached to an aromatic ring is 1. The van der Waals surface area contributed by atoms with Crippen molar-refractivity contribution in [2.24, 2.45) is 0 Å². The Morgan fingerprint density at radius 2 is 1.88 bits per heavy atom. The van der Waals surface area contributed by atoms with Crippen LogP contribution in [0.2, 0.25) is 0 Å². The first kappa shape index (κ1) is 11.0. The van der Waals surface area contributed by atoms with Gasteiger partial charge in [0.25, 0.3) is 0 Å². The second-order valence-electron chi connectivity index (χ2n) is 3.15. The van der Waals surface area contributed by atoms with Gasteiger partial charge in [-0.1, -0.05) is 41.7 Å². The monoisotopic (exact) mass is 255 g/mol. The van der Waals surface area contributed by atoms with Gasteiger partial charge in [-0.2, -0.15) is 0 Å². The van der Waals surface area contributed by atoms with Gasteiger partial charge < -0.3 is 5.73 Å². The molecule has 0 aliphatic carbocycles. The van der Waals surface area contributed by atoms with Gasteiger partial charge in [0.15, 0.2) is 0 Å². The van der Waals surface area contributed by atoms with E-state index in [1.54, 1.807) is 24.3 Å². The fourth-order valence-electron chi connectivity index (χ4n) is 1.20. The molecule has 0 fully saturated rings. The van der Waals surface area contributed by atoms with E-state index in [1.165, 1.54) is 0 Å². The molecule has 0 atom stereocenters. The molecular formula is C9H9N3O2S2. The molecule has 0 unspecified atom stereocenters. The summed E-state index contributed by atoms with van der Waals surface area (Å²) in [6, 6.07) is 8.92. The molecule has 16 heavy (non-hydrogen) atoms. The number of rotatable bonds is 3. The highest BCUT2D eigenvalue weighted by molar-refractivity contribution is 7.92. The first-order valence-electron chi connectivity index (χ1n) is 4.43. The minimum Gasteiger partial charge on any atom is -0.374 e. The van der Waals surface area contributed by atoms with Gasteiger partial charge in [0.2, 0.25) is 19.3 Å². The molecule has 2 rings (SSSR count). The van der Waals surface area contributed by atoms with Gasteiger partial charge in [0, 0.05) is 0 Å². The molecule has 84 valence electrons. The summed E-state index contributed by atoms with van der Waals surface area (Å²) in [7, 11) is -3.43. The molecule has 1 aromatic heterocycles. The summed E-state index contributed by atoms with van der Waals surface area (Å²) in [5, 5.41) is 7.19. The van der Waals surface area contributed by atoms with Crippen molar-refractivity contribution in [2.75, 3.05) is 5.73 Å². The maximum atomic E-state index is 11.9. The van der Waals surface area contributed by atoms with Crippen LogP contribution in [-0.4, -0.2) is 18.6 Å². The van der Waals surface area contributed by atoms with Gasteiger partial charge >= 0.3 is 0 Å². The predicted octanol–water partition coefficient (Wildman–Crippen LogP) is 1.09. The van der Waals surface area contributed by atoms with Crippen molar-refractivity contribution >= 4 is 26.3 Å². The van der Waals surface area contributed by atoms with Crippen LogP contribution < -0.4 is 5.73 Å². The third-order valence-electron chi connectivity index (χ3n) is 1.89. The lowest BCUT2D eigenvalue weighted by molar-refractivity contribution is 0.593. The van der Waals surface area contributed by atoms with Gasteiger partial charge in [-0.15, -0.1) is 10.2 Å². The second kappa shape index (κ2) is 4.18. The molecule has 7 heteroatoms. The average Bonchev–Trinajstić information content (AvgIpc) is 2.66. The van der Waals surface area contributed by atoms with Crippen LogP contribution in [0.3, 0.4) is 0 Å². The molecule has 2 aromatic rings. The standard InChI is InChI=1S/C9H9N3O2S2/c10-8-11-12-9(15-8)16(13,14)6-7-4-2-1-3-5-7/h1-5H,6H2,(H2,10,11). The highest BCUT2D eigenvalue weighted by atomic mass is 32.2. The zero-order valence-corrected chi connectivity index (χ0v) is 9.83. The Labute approximate surface area is 96.9 Å². The normalized spacial score (nSPS) is 11.5. The van der Waals surface area contributed by atoms with E-state index >= 15 is 0 Å². The molecule has 0 radical (unpaired) electrons. The van der Waals surface area contributed by atoms with Crippen LogP contribution in [0.1, 0.15) is 5.56 Å². The number of nitrogens with two attached hydrogens (primary N) is 1. The van der Waals surface area contributed by atoms with Gasteiger partial charge in [0.1, 0.15) is 0 Å². The highest BCUT2D eigenvalue weighted by Crippen LogP contribution is 2.21. The maximum absolute atomic E-state index is 11.9. The van der Waals surface area contributed by atoms with E-state index in [0.717, 1.165) is 16.9 Å². The molecule has 5 nitrogen and oxygen atoms in total. The van der Waals surface area contributed by atoms with Crippen molar-refractivity contribution in [3.05, 3.63) is 35.9 Å². The van der Waals surface area contributed by atoms with Crippen LogP contribution in [0, 0.1) is 0 Å². The first-order chi connectivity index (χ1) is 7.58.